The summed E-state index contributed by atoms with van der Waals surface area (Å²) in [5.74, 6) is 0.509. The van der Waals surface area contributed by atoms with Gasteiger partial charge in [0, 0.05) is 23.4 Å². The summed E-state index contributed by atoms with van der Waals surface area (Å²) in [4.78, 5) is 11.0. The average molecular weight is 240 g/mol. The summed E-state index contributed by atoms with van der Waals surface area (Å²) in [7, 11) is 0. The Morgan fingerprint density at radius 3 is 2.92 bits per heavy atom. The molecule has 1 heterocycles. The number of rotatable bonds is 1. The maximum absolute atomic E-state index is 11.0. The van der Waals surface area contributed by atoms with Crippen molar-refractivity contribution in [2.24, 2.45) is 0 Å². The van der Waals surface area contributed by atoms with Crippen molar-refractivity contribution in [2.75, 3.05) is 6.54 Å². The summed E-state index contributed by atoms with van der Waals surface area (Å²) in [5.41, 5.74) is 1.23. The summed E-state index contributed by atoms with van der Waals surface area (Å²) in [6.45, 7) is 0.773. The topological polar surface area (TPSA) is 29.1 Å². The predicted octanol–water partition coefficient (Wildman–Crippen LogP) is 2.05. The molecule has 3 heteroatoms. The van der Waals surface area contributed by atoms with Gasteiger partial charge in [-0.05, 0) is 17.7 Å². The molecule has 2 rings (SSSR count). The molecular formula is C10H10BrNO. The van der Waals surface area contributed by atoms with Crippen LogP contribution in [-0.2, 0) is 4.79 Å². The average Bonchev–Trinajstić information content (AvgIpc) is 2.52. The molecule has 1 saturated heterocycles. The Morgan fingerprint density at radius 2 is 2.31 bits per heavy atom. The van der Waals surface area contributed by atoms with Gasteiger partial charge < -0.3 is 5.32 Å². The lowest BCUT2D eigenvalue weighted by molar-refractivity contribution is -0.119. The Bertz CT molecular complexity index is 337. The van der Waals surface area contributed by atoms with Crippen molar-refractivity contribution in [1.82, 2.24) is 5.32 Å². The van der Waals surface area contributed by atoms with Crippen LogP contribution in [0.4, 0.5) is 0 Å². The summed E-state index contributed by atoms with van der Waals surface area (Å²) in [5, 5.41) is 2.83. The Hall–Kier alpha value is -0.830. The smallest absolute Gasteiger partial charge is 0.220 e. The highest BCUT2D eigenvalue weighted by Crippen LogP contribution is 2.25. The molecule has 0 aromatic heterocycles. The first-order valence-electron chi connectivity index (χ1n) is 4.28. The minimum absolute atomic E-state index is 0.157. The molecule has 0 unspecified atom stereocenters. The van der Waals surface area contributed by atoms with Crippen molar-refractivity contribution < 1.29 is 4.79 Å². The van der Waals surface area contributed by atoms with Gasteiger partial charge in [0.15, 0.2) is 0 Å². The molecule has 1 atom stereocenters. The van der Waals surface area contributed by atoms with Gasteiger partial charge >= 0.3 is 0 Å². The van der Waals surface area contributed by atoms with Crippen LogP contribution in [0.15, 0.2) is 28.7 Å². The Labute approximate surface area is 85.5 Å². The van der Waals surface area contributed by atoms with E-state index in [0.717, 1.165) is 11.0 Å². The van der Waals surface area contributed by atoms with E-state index in [0.29, 0.717) is 12.3 Å². The van der Waals surface area contributed by atoms with E-state index in [1.54, 1.807) is 0 Å². The second kappa shape index (κ2) is 3.50. The third-order valence-corrected chi connectivity index (χ3v) is 2.79. The second-order valence-electron chi connectivity index (χ2n) is 3.26. The van der Waals surface area contributed by atoms with Crippen molar-refractivity contribution in [3.63, 3.8) is 0 Å². The lowest BCUT2D eigenvalue weighted by Gasteiger charge is -2.06. The van der Waals surface area contributed by atoms with Crippen molar-refractivity contribution in [3.05, 3.63) is 34.3 Å². The lowest BCUT2D eigenvalue weighted by atomic mass is 9.99. The Balaban J connectivity index is 2.21. The van der Waals surface area contributed by atoms with E-state index in [4.69, 9.17) is 0 Å². The van der Waals surface area contributed by atoms with Crippen LogP contribution in [0.25, 0.3) is 0 Å². The number of carbonyl (C=O) groups is 1. The molecule has 0 bridgehead atoms. The van der Waals surface area contributed by atoms with Crippen LogP contribution >= 0.6 is 15.9 Å². The van der Waals surface area contributed by atoms with Crippen molar-refractivity contribution in [2.45, 2.75) is 12.3 Å². The molecule has 1 aromatic carbocycles. The summed E-state index contributed by atoms with van der Waals surface area (Å²) in [6, 6.07) is 8.14. The third kappa shape index (κ3) is 1.91. The minimum Gasteiger partial charge on any atom is -0.355 e. The zero-order chi connectivity index (χ0) is 9.26. The van der Waals surface area contributed by atoms with Gasteiger partial charge in [-0.3, -0.25) is 4.79 Å². The SMILES string of the molecule is O=C1C[C@H](c2cccc(Br)c2)CN1. The van der Waals surface area contributed by atoms with E-state index in [1.807, 2.05) is 12.1 Å². The largest absolute Gasteiger partial charge is 0.355 e. The molecule has 0 spiro atoms. The molecule has 1 fully saturated rings. The standard InChI is InChI=1S/C10H10BrNO/c11-9-3-1-2-7(4-9)8-5-10(13)12-6-8/h1-4,8H,5-6H2,(H,12,13)/t8-/m0/s1. The lowest BCUT2D eigenvalue weighted by Crippen LogP contribution is -2.13. The first kappa shape index (κ1) is 8.75. The highest BCUT2D eigenvalue weighted by molar-refractivity contribution is 9.10. The van der Waals surface area contributed by atoms with Gasteiger partial charge in [0.2, 0.25) is 5.91 Å². The molecule has 1 amide bonds. The molecular weight excluding hydrogens is 230 g/mol. The fourth-order valence-corrected chi connectivity index (χ4v) is 2.02. The van der Waals surface area contributed by atoms with Crippen molar-refractivity contribution >= 4 is 21.8 Å². The highest BCUT2D eigenvalue weighted by Gasteiger charge is 2.22. The minimum atomic E-state index is 0.157. The quantitative estimate of drug-likeness (QED) is 0.799. The first-order valence-corrected chi connectivity index (χ1v) is 5.07. The van der Waals surface area contributed by atoms with Crippen LogP contribution < -0.4 is 5.32 Å². The fraction of sp³-hybridized carbons (Fsp3) is 0.300. The number of carbonyl (C=O) groups excluding carboxylic acids is 1. The van der Waals surface area contributed by atoms with Crippen LogP contribution in [-0.4, -0.2) is 12.5 Å². The number of benzene rings is 1. The number of halogens is 1. The number of nitrogens with one attached hydrogen (secondary N) is 1. The Morgan fingerprint density at radius 1 is 1.46 bits per heavy atom. The number of amides is 1. The predicted molar refractivity (Wildman–Crippen MR) is 54.5 cm³/mol. The molecule has 13 heavy (non-hydrogen) atoms. The normalized spacial score (nSPS) is 21.6. The zero-order valence-electron chi connectivity index (χ0n) is 7.09. The first-order chi connectivity index (χ1) is 6.25. The van der Waals surface area contributed by atoms with Crippen LogP contribution in [0, 0.1) is 0 Å². The summed E-state index contributed by atoms with van der Waals surface area (Å²) >= 11 is 3.42. The van der Waals surface area contributed by atoms with E-state index < -0.39 is 0 Å². The van der Waals surface area contributed by atoms with Gasteiger partial charge in [0.25, 0.3) is 0 Å². The van der Waals surface area contributed by atoms with E-state index in [1.165, 1.54) is 5.56 Å². The van der Waals surface area contributed by atoms with Crippen molar-refractivity contribution in [3.8, 4) is 0 Å². The van der Waals surface area contributed by atoms with Crippen molar-refractivity contribution in [1.29, 1.82) is 0 Å². The van der Waals surface area contributed by atoms with Crippen LogP contribution in [0.3, 0.4) is 0 Å². The fourth-order valence-electron chi connectivity index (χ4n) is 1.60. The van der Waals surface area contributed by atoms with Crippen LogP contribution in [0.5, 0.6) is 0 Å². The third-order valence-electron chi connectivity index (χ3n) is 2.30. The molecule has 2 nitrogen and oxygen atoms in total. The van der Waals surface area contributed by atoms with Gasteiger partial charge in [0.05, 0.1) is 0 Å². The highest BCUT2D eigenvalue weighted by atomic mass is 79.9. The van der Waals surface area contributed by atoms with Gasteiger partial charge in [-0.1, -0.05) is 28.1 Å². The molecule has 1 aliphatic heterocycles. The maximum atomic E-state index is 11.0. The molecule has 68 valence electrons. The monoisotopic (exact) mass is 239 g/mol. The molecule has 0 radical (unpaired) electrons. The number of hydrogen-bond acceptors (Lipinski definition) is 1. The molecule has 1 N–H and O–H groups in total. The molecule has 1 aromatic rings. The molecule has 0 saturated carbocycles. The van der Waals surface area contributed by atoms with Gasteiger partial charge in [-0.25, -0.2) is 0 Å². The zero-order valence-corrected chi connectivity index (χ0v) is 8.67. The number of hydrogen-bond donors (Lipinski definition) is 1. The second-order valence-corrected chi connectivity index (χ2v) is 4.18. The van der Waals surface area contributed by atoms with Crippen LogP contribution in [0.2, 0.25) is 0 Å². The van der Waals surface area contributed by atoms with Crippen LogP contribution in [0.1, 0.15) is 17.9 Å². The summed E-state index contributed by atoms with van der Waals surface area (Å²) in [6.07, 6.45) is 0.621. The van der Waals surface area contributed by atoms with Gasteiger partial charge in [-0.2, -0.15) is 0 Å². The summed E-state index contributed by atoms with van der Waals surface area (Å²) < 4.78 is 1.07. The molecule has 0 aliphatic carbocycles. The van der Waals surface area contributed by atoms with E-state index in [-0.39, 0.29) is 5.91 Å². The van der Waals surface area contributed by atoms with Gasteiger partial charge in [-0.15, -0.1) is 0 Å². The molecule has 1 aliphatic rings. The van der Waals surface area contributed by atoms with E-state index in [2.05, 4.69) is 33.4 Å². The van der Waals surface area contributed by atoms with Gasteiger partial charge in [0.1, 0.15) is 0 Å². The Kier molecular flexibility index (Phi) is 2.36. The van der Waals surface area contributed by atoms with E-state index in [9.17, 15) is 4.79 Å². The maximum Gasteiger partial charge on any atom is 0.220 e. The van der Waals surface area contributed by atoms with E-state index >= 15 is 0 Å².